The first-order chi connectivity index (χ1) is 18.4. The molecule has 1 amide bonds. The van der Waals surface area contributed by atoms with Crippen molar-refractivity contribution < 1.29 is 18.7 Å². The van der Waals surface area contributed by atoms with Crippen LogP contribution in [0.15, 0.2) is 72.8 Å². The van der Waals surface area contributed by atoms with Crippen LogP contribution in [0.1, 0.15) is 22.5 Å². The predicted octanol–water partition coefficient (Wildman–Crippen LogP) is 4.99. The lowest BCUT2D eigenvalue weighted by molar-refractivity contribution is -0.128. The van der Waals surface area contributed by atoms with Crippen LogP contribution >= 0.6 is 11.5 Å². The Morgan fingerprint density at radius 1 is 0.921 bits per heavy atom. The number of rotatable bonds is 12. The minimum absolute atomic E-state index is 0.0170. The number of benzene rings is 3. The van der Waals surface area contributed by atoms with Crippen LogP contribution in [0.25, 0.3) is 0 Å². The Morgan fingerprint density at radius 3 is 2.34 bits per heavy atom. The van der Waals surface area contributed by atoms with Crippen LogP contribution in [0, 0.1) is 5.82 Å². The Kier molecular flexibility index (Phi) is 9.26. The summed E-state index contributed by atoms with van der Waals surface area (Å²) in [6, 6.07) is 22.1. The van der Waals surface area contributed by atoms with Crippen molar-refractivity contribution in [2.75, 3.05) is 39.3 Å². The average Bonchev–Trinajstić information content (AvgIpc) is 3.41. The molecule has 0 radical (unpaired) electrons. The Hall–Kier alpha value is -3.98. The van der Waals surface area contributed by atoms with Crippen LogP contribution in [0.3, 0.4) is 0 Å². The van der Waals surface area contributed by atoms with Gasteiger partial charge in [0.2, 0.25) is 11.0 Å². The van der Waals surface area contributed by atoms with Crippen LogP contribution in [-0.2, 0) is 24.2 Å². The summed E-state index contributed by atoms with van der Waals surface area (Å²) in [5.41, 5.74) is 3.05. The fraction of sp³-hybridized carbons (Fsp3) is 0.276. The summed E-state index contributed by atoms with van der Waals surface area (Å²) in [7, 11) is 5.02. The topological polar surface area (TPSA) is 67.8 Å². The largest absolute Gasteiger partial charge is 0.493 e. The van der Waals surface area contributed by atoms with Crippen molar-refractivity contribution in [1.82, 2.24) is 14.3 Å². The van der Waals surface area contributed by atoms with Gasteiger partial charge in [0.25, 0.3) is 0 Å². The van der Waals surface area contributed by atoms with Crippen molar-refractivity contribution in [1.29, 1.82) is 0 Å². The third-order valence-electron chi connectivity index (χ3n) is 6.16. The first-order valence-electron chi connectivity index (χ1n) is 12.3. The Bertz CT molecular complexity index is 1330. The van der Waals surface area contributed by atoms with Crippen molar-refractivity contribution in [3.05, 3.63) is 101 Å². The van der Waals surface area contributed by atoms with Crippen molar-refractivity contribution in [2.24, 2.45) is 0 Å². The van der Waals surface area contributed by atoms with Gasteiger partial charge in [-0.2, -0.15) is 4.37 Å². The predicted molar refractivity (Wildman–Crippen MR) is 147 cm³/mol. The van der Waals surface area contributed by atoms with Gasteiger partial charge in [-0.15, -0.1) is 0 Å². The molecule has 0 bridgehead atoms. The molecule has 1 aromatic heterocycles. The molecule has 7 nitrogen and oxygen atoms in total. The lowest BCUT2D eigenvalue weighted by atomic mass is 10.1. The number of carbonyl (C=O) groups is 1. The van der Waals surface area contributed by atoms with Gasteiger partial charge in [0.05, 0.1) is 20.8 Å². The highest BCUT2D eigenvalue weighted by molar-refractivity contribution is 7.09. The number of anilines is 1. The third kappa shape index (κ3) is 7.29. The van der Waals surface area contributed by atoms with Gasteiger partial charge >= 0.3 is 0 Å². The zero-order chi connectivity index (χ0) is 26.9. The molecule has 0 atom stereocenters. The summed E-state index contributed by atoms with van der Waals surface area (Å²) in [4.78, 5) is 21.6. The van der Waals surface area contributed by atoms with E-state index in [1.165, 1.54) is 23.7 Å². The number of amides is 1. The zero-order valence-electron chi connectivity index (χ0n) is 21.8. The molecule has 0 aliphatic heterocycles. The van der Waals surface area contributed by atoms with E-state index >= 15 is 0 Å². The molecule has 198 valence electrons. The summed E-state index contributed by atoms with van der Waals surface area (Å²) >= 11 is 1.27. The molecule has 0 aliphatic rings. The Labute approximate surface area is 226 Å². The third-order valence-corrected chi connectivity index (χ3v) is 6.97. The van der Waals surface area contributed by atoms with Crippen molar-refractivity contribution in [2.45, 2.75) is 19.4 Å². The molecule has 0 fully saturated rings. The number of ether oxygens (including phenoxy) is 2. The van der Waals surface area contributed by atoms with E-state index in [4.69, 9.17) is 14.5 Å². The van der Waals surface area contributed by atoms with E-state index in [1.54, 1.807) is 31.3 Å². The highest BCUT2D eigenvalue weighted by Crippen LogP contribution is 2.28. The maximum absolute atomic E-state index is 13.3. The van der Waals surface area contributed by atoms with E-state index in [0.717, 1.165) is 16.7 Å². The van der Waals surface area contributed by atoms with Gasteiger partial charge in [-0.25, -0.2) is 9.37 Å². The van der Waals surface area contributed by atoms with Crippen molar-refractivity contribution in [3.63, 3.8) is 0 Å². The fourth-order valence-electron chi connectivity index (χ4n) is 3.97. The second kappa shape index (κ2) is 13.0. The second-order valence-electron chi connectivity index (χ2n) is 8.89. The lowest BCUT2D eigenvalue weighted by Gasteiger charge is -2.25. The molecule has 0 aliphatic carbocycles. The van der Waals surface area contributed by atoms with Crippen LogP contribution in [0.5, 0.6) is 11.5 Å². The molecule has 0 saturated heterocycles. The number of nitrogens with zero attached hydrogens (tertiary/aromatic N) is 4. The molecule has 0 unspecified atom stereocenters. The first-order valence-corrected chi connectivity index (χ1v) is 13.0. The summed E-state index contributed by atoms with van der Waals surface area (Å²) in [5, 5.41) is 0.674. The van der Waals surface area contributed by atoms with E-state index in [-0.39, 0.29) is 18.3 Å². The minimum atomic E-state index is -0.275. The van der Waals surface area contributed by atoms with Crippen LogP contribution in [0.2, 0.25) is 0 Å². The van der Waals surface area contributed by atoms with Gasteiger partial charge < -0.3 is 19.3 Å². The standard InChI is InChI=1S/C29H31FN4O3S/c1-33(16-15-22-11-14-25(36-2)26(17-22)37-3)28(35)20-34(19-23-7-5-4-6-8-23)29-31-27(32-38-29)18-21-9-12-24(30)13-10-21/h4-14,17H,15-16,18-20H2,1-3H3. The molecule has 38 heavy (non-hydrogen) atoms. The number of aromatic nitrogens is 2. The first kappa shape index (κ1) is 27.1. The monoisotopic (exact) mass is 534 g/mol. The van der Waals surface area contributed by atoms with Gasteiger partial charge in [-0.05, 0) is 47.4 Å². The molecular weight excluding hydrogens is 503 g/mol. The van der Waals surface area contributed by atoms with Gasteiger partial charge in [0.1, 0.15) is 11.6 Å². The van der Waals surface area contributed by atoms with Gasteiger partial charge in [0, 0.05) is 38.1 Å². The average molecular weight is 535 g/mol. The van der Waals surface area contributed by atoms with Crippen LogP contribution in [0.4, 0.5) is 9.52 Å². The van der Waals surface area contributed by atoms with Crippen molar-refractivity contribution >= 4 is 22.6 Å². The number of methoxy groups -OCH3 is 2. The number of carbonyl (C=O) groups excluding carboxylic acids is 1. The highest BCUT2D eigenvalue weighted by atomic mass is 32.1. The molecule has 9 heteroatoms. The molecule has 4 rings (SSSR count). The van der Waals surface area contributed by atoms with Gasteiger partial charge in [-0.3, -0.25) is 4.79 Å². The van der Waals surface area contributed by atoms with Gasteiger partial charge in [0.15, 0.2) is 11.5 Å². The molecule has 1 heterocycles. The number of halogens is 1. The summed E-state index contributed by atoms with van der Waals surface area (Å²) in [5.74, 6) is 1.69. The number of likely N-dealkylation sites (N-methyl/N-ethyl adjacent to an activating group) is 1. The second-order valence-corrected chi connectivity index (χ2v) is 9.62. The smallest absolute Gasteiger partial charge is 0.241 e. The maximum atomic E-state index is 13.3. The Morgan fingerprint density at radius 2 is 1.63 bits per heavy atom. The van der Waals surface area contributed by atoms with Gasteiger partial charge in [-0.1, -0.05) is 48.5 Å². The summed E-state index contributed by atoms with van der Waals surface area (Å²) in [6.07, 6.45) is 1.18. The van der Waals surface area contributed by atoms with Crippen molar-refractivity contribution in [3.8, 4) is 11.5 Å². The molecule has 0 saturated carbocycles. The molecular formula is C29H31FN4O3S. The zero-order valence-corrected chi connectivity index (χ0v) is 22.6. The molecule has 0 N–H and O–H groups in total. The fourth-order valence-corrected chi connectivity index (χ4v) is 4.65. The summed E-state index contributed by atoms with van der Waals surface area (Å²) in [6.45, 7) is 1.25. The highest BCUT2D eigenvalue weighted by Gasteiger charge is 2.19. The number of hydrogen-bond acceptors (Lipinski definition) is 7. The SMILES string of the molecule is COc1ccc(CCN(C)C(=O)CN(Cc2ccccc2)c2nc(Cc3ccc(F)cc3)ns2)cc1OC. The maximum Gasteiger partial charge on any atom is 0.241 e. The van der Waals surface area contributed by atoms with E-state index < -0.39 is 0 Å². The quantitative estimate of drug-likeness (QED) is 0.255. The number of hydrogen-bond donors (Lipinski definition) is 0. The van der Waals surface area contributed by atoms with Crippen LogP contribution in [-0.4, -0.2) is 54.5 Å². The molecule has 3 aromatic carbocycles. The van der Waals surface area contributed by atoms with E-state index in [0.29, 0.717) is 48.4 Å². The molecule has 0 spiro atoms. The van der Waals surface area contributed by atoms with E-state index in [1.807, 2.05) is 60.5 Å². The normalized spacial score (nSPS) is 10.7. The summed E-state index contributed by atoms with van der Waals surface area (Å²) < 4.78 is 28.5. The molecule has 4 aromatic rings. The van der Waals surface area contributed by atoms with E-state index in [2.05, 4.69) is 4.37 Å². The Balaban J connectivity index is 1.43. The van der Waals surface area contributed by atoms with Crippen LogP contribution < -0.4 is 14.4 Å². The lowest BCUT2D eigenvalue weighted by Crippen LogP contribution is -2.39. The van der Waals surface area contributed by atoms with E-state index in [9.17, 15) is 9.18 Å². The minimum Gasteiger partial charge on any atom is -0.493 e.